The molecule has 2 heterocycles. The molecule has 170 valence electrons. The van der Waals surface area contributed by atoms with E-state index in [4.69, 9.17) is 16.3 Å². The van der Waals surface area contributed by atoms with E-state index in [1.54, 1.807) is 18.2 Å². The second-order valence-corrected chi connectivity index (χ2v) is 9.28. The van der Waals surface area contributed by atoms with Gasteiger partial charge in [0, 0.05) is 24.8 Å². The molecule has 32 heavy (non-hydrogen) atoms. The molecule has 0 spiro atoms. The molecule has 0 unspecified atom stereocenters. The Hall–Kier alpha value is -2.53. The van der Waals surface area contributed by atoms with Gasteiger partial charge >= 0.3 is 0 Å². The van der Waals surface area contributed by atoms with Crippen LogP contribution in [0, 0.1) is 5.82 Å². The molecule has 1 saturated heterocycles. The highest BCUT2D eigenvalue weighted by Crippen LogP contribution is 2.25. The van der Waals surface area contributed by atoms with Crippen LogP contribution in [-0.2, 0) is 14.3 Å². The Bertz CT molecular complexity index is 1030. The third kappa shape index (κ3) is 5.63. The van der Waals surface area contributed by atoms with Crippen LogP contribution in [0.5, 0.6) is 0 Å². The molecule has 2 aliphatic rings. The first kappa shape index (κ1) is 22.7. The predicted molar refractivity (Wildman–Crippen MR) is 120 cm³/mol. The van der Waals surface area contributed by atoms with Gasteiger partial charge in [-0.3, -0.25) is 14.4 Å². The topological polar surface area (TPSA) is 99.8 Å². The predicted octanol–water partition coefficient (Wildman–Crippen LogP) is 2.39. The number of carbonyl (C=O) groups is 3. The molecule has 3 amide bonds. The van der Waals surface area contributed by atoms with E-state index >= 15 is 0 Å². The van der Waals surface area contributed by atoms with Gasteiger partial charge in [0.2, 0.25) is 5.91 Å². The number of nitrogens with one attached hydrogen (secondary N) is 3. The first-order valence-electron chi connectivity index (χ1n) is 10.2. The molecule has 2 aromatic rings. The number of morpholine rings is 1. The summed E-state index contributed by atoms with van der Waals surface area (Å²) in [6.07, 6.45) is 1.91. The maximum Gasteiger partial charge on any atom is 0.261 e. The average Bonchev–Trinajstić information content (AvgIpc) is 3.48. The number of halogens is 2. The van der Waals surface area contributed by atoms with E-state index in [0.717, 1.165) is 24.2 Å². The summed E-state index contributed by atoms with van der Waals surface area (Å²) >= 11 is 7.02. The van der Waals surface area contributed by atoms with Gasteiger partial charge in [0.1, 0.15) is 18.5 Å². The van der Waals surface area contributed by atoms with Crippen LogP contribution < -0.4 is 20.9 Å². The number of hydrogen-bond acceptors (Lipinski definition) is 6. The first-order chi connectivity index (χ1) is 15.4. The molecule has 8 nitrogen and oxygen atoms in total. The number of thiophene rings is 1. The van der Waals surface area contributed by atoms with E-state index < -0.39 is 17.8 Å². The van der Waals surface area contributed by atoms with E-state index in [1.807, 2.05) is 0 Å². The zero-order valence-electron chi connectivity index (χ0n) is 17.0. The lowest BCUT2D eigenvalue weighted by Crippen LogP contribution is -2.49. The maximum atomic E-state index is 14.7. The van der Waals surface area contributed by atoms with Crippen molar-refractivity contribution in [2.24, 2.45) is 0 Å². The van der Waals surface area contributed by atoms with Gasteiger partial charge in [-0.2, -0.15) is 0 Å². The van der Waals surface area contributed by atoms with E-state index in [0.29, 0.717) is 15.8 Å². The Morgan fingerprint density at radius 1 is 1.28 bits per heavy atom. The Labute approximate surface area is 193 Å². The average molecular weight is 481 g/mol. The van der Waals surface area contributed by atoms with E-state index in [1.165, 1.54) is 17.0 Å². The summed E-state index contributed by atoms with van der Waals surface area (Å²) in [6.45, 7) is 0.584. The number of carbonyl (C=O) groups excluding carboxylic acids is 3. The molecule has 3 N–H and O–H groups in total. The fourth-order valence-electron chi connectivity index (χ4n) is 3.29. The molecule has 1 saturated carbocycles. The minimum absolute atomic E-state index is 0.0690. The lowest BCUT2D eigenvalue weighted by Gasteiger charge is -2.27. The van der Waals surface area contributed by atoms with E-state index in [2.05, 4.69) is 16.0 Å². The number of rotatable bonds is 8. The van der Waals surface area contributed by atoms with E-state index in [9.17, 15) is 18.8 Å². The summed E-state index contributed by atoms with van der Waals surface area (Å²) in [5.41, 5.74) is 0.404. The van der Waals surface area contributed by atoms with Gasteiger partial charge in [-0.1, -0.05) is 11.6 Å². The van der Waals surface area contributed by atoms with Crippen LogP contribution in [0.1, 0.15) is 22.5 Å². The molecule has 1 aliphatic heterocycles. The van der Waals surface area contributed by atoms with Crippen LogP contribution in [0.2, 0.25) is 4.34 Å². The number of nitrogens with zero attached hydrogens (tertiary/aromatic N) is 1. The highest BCUT2D eigenvalue weighted by atomic mass is 35.5. The van der Waals surface area contributed by atoms with Crippen LogP contribution in [0.4, 0.5) is 15.8 Å². The van der Waals surface area contributed by atoms with Crippen LogP contribution in [0.15, 0.2) is 30.3 Å². The molecule has 0 radical (unpaired) electrons. The van der Waals surface area contributed by atoms with Crippen molar-refractivity contribution >= 4 is 52.0 Å². The van der Waals surface area contributed by atoms with Crippen molar-refractivity contribution in [3.8, 4) is 0 Å². The normalized spacial score (nSPS) is 17.2. The summed E-state index contributed by atoms with van der Waals surface area (Å²) in [6, 6.07) is 6.96. The minimum atomic E-state index is -0.689. The zero-order valence-corrected chi connectivity index (χ0v) is 18.6. The van der Waals surface area contributed by atoms with Gasteiger partial charge in [-0.15, -0.1) is 11.3 Å². The van der Waals surface area contributed by atoms with Crippen molar-refractivity contribution in [3.63, 3.8) is 0 Å². The van der Waals surface area contributed by atoms with Gasteiger partial charge in [0.05, 0.1) is 21.5 Å². The molecule has 1 aliphatic carbocycles. The monoisotopic (exact) mass is 480 g/mol. The van der Waals surface area contributed by atoms with E-state index in [-0.39, 0.29) is 48.9 Å². The quantitative estimate of drug-likeness (QED) is 0.538. The second kappa shape index (κ2) is 9.95. The summed E-state index contributed by atoms with van der Waals surface area (Å²) in [7, 11) is 0. The summed E-state index contributed by atoms with van der Waals surface area (Å²) in [5, 5.41) is 8.62. The Balaban J connectivity index is 1.39. The Kier molecular flexibility index (Phi) is 7.04. The zero-order chi connectivity index (χ0) is 22.7. The molecule has 11 heteroatoms. The molecule has 4 rings (SSSR count). The molecule has 1 aromatic heterocycles. The SMILES string of the molecule is O=C(NC[C@H](NC1CC1)C(=O)Nc1ccc(N2CCOCC2=O)c(F)c1)c1ccc(Cl)s1. The molecule has 2 fully saturated rings. The van der Waals surface area contributed by atoms with Crippen molar-refractivity contribution in [3.05, 3.63) is 45.4 Å². The molecule has 1 aromatic carbocycles. The number of hydrogen-bond donors (Lipinski definition) is 3. The van der Waals surface area contributed by atoms with Crippen molar-refractivity contribution in [1.82, 2.24) is 10.6 Å². The first-order valence-corrected chi connectivity index (χ1v) is 11.4. The van der Waals surface area contributed by atoms with Crippen LogP contribution >= 0.6 is 22.9 Å². The van der Waals surface area contributed by atoms with Gasteiger partial charge < -0.3 is 25.6 Å². The molecular formula is C21H22ClFN4O4S. The minimum Gasteiger partial charge on any atom is -0.370 e. The maximum absolute atomic E-state index is 14.7. The number of amides is 3. The van der Waals surface area contributed by atoms with Crippen molar-refractivity contribution in [2.75, 3.05) is 36.5 Å². The van der Waals surface area contributed by atoms with Gasteiger partial charge in [0.15, 0.2) is 0 Å². The molecule has 1 atom stereocenters. The lowest BCUT2D eigenvalue weighted by molar-refractivity contribution is -0.125. The summed E-state index contributed by atoms with van der Waals surface area (Å²) in [5.74, 6) is -1.64. The Morgan fingerprint density at radius 2 is 2.09 bits per heavy atom. The molecular weight excluding hydrogens is 459 g/mol. The van der Waals surface area contributed by atoms with Crippen molar-refractivity contribution in [1.29, 1.82) is 0 Å². The third-order valence-corrected chi connectivity index (χ3v) is 6.32. The smallest absolute Gasteiger partial charge is 0.261 e. The largest absolute Gasteiger partial charge is 0.370 e. The van der Waals surface area contributed by atoms with Crippen molar-refractivity contribution in [2.45, 2.75) is 24.9 Å². The van der Waals surface area contributed by atoms with Crippen LogP contribution in [0.3, 0.4) is 0 Å². The van der Waals surface area contributed by atoms with Gasteiger partial charge in [-0.05, 0) is 43.2 Å². The second-order valence-electron chi connectivity index (χ2n) is 7.56. The van der Waals surface area contributed by atoms with Crippen LogP contribution in [-0.4, -0.2) is 56.1 Å². The summed E-state index contributed by atoms with van der Waals surface area (Å²) < 4.78 is 20.2. The number of anilines is 2. The standard InChI is InChI=1S/C21H22ClFN4O4S/c22-18-6-5-17(32-18)21(30)24-10-15(25-12-1-2-12)20(29)26-13-3-4-16(14(23)9-13)27-7-8-31-11-19(27)28/h3-6,9,12,15,25H,1-2,7-8,10-11H2,(H,24,30)(H,26,29)/t15-/m0/s1. The van der Waals surface area contributed by atoms with Crippen molar-refractivity contribution < 1.29 is 23.5 Å². The number of benzene rings is 1. The highest BCUT2D eigenvalue weighted by molar-refractivity contribution is 7.18. The van der Waals surface area contributed by atoms with Crippen LogP contribution in [0.25, 0.3) is 0 Å². The number of ether oxygens (including phenoxy) is 1. The molecule has 0 bridgehead atoms. The third-order valence-electron chi connectivity index (χ3n) is 5.09. The highest BCUT2D eigenvalue weighted by Gasteiger charge is 2.29. The lowest BCUT2D eigenvalue weighted by atomic mass is 10.2. The Morgan fingerprint density at radius 3 is 2.75 bits per heavy atom. The van der Waals surface area contributed by atoms with Gasteiger partial charge in [0.25, 0.3) is 11.8 Å². The fourth-order valence-corrected chi connectivity index (χ4v) is 4.25. The fraction of sp³-hybridized carbons (Fsp3) is 0.381. The summed E-state index contributed by atoms with van der Waals surface area (Å²) in [4.78, 5) is 38.9. The van der Waals surface area contributed by atoms with Gasteiger partial charge in [-0.25, -0.2) is 4.39 Å².